The number of benzene rings is 2. The van der Waals surface area contributed by atoms with Crippen LogP contribution in [0.15, 0.2) is 48.7 Å². The molecular weight excluding hydrogens is 266 g/mol. The summed E-state index contributed by atoms with van der Waals surface area (Å²) < 4.78 is 0. The zero-order chi connectivity index (χ0) is 14.8. The van der Waals surface area contributed by atoms with Crippen molar-refractivity contribution in [2.24, 2.45) is 0 Å². The van der Waals surface area contributed by atoms with Crippen LogP contribution in [0.25, 0.3) is 10.9 Å². The molecule has 104 valence electrons. The predicted molar refractivity (Wildman–Crippen MR) is 80.5 cm³/mol. The summed E-state index contributed by atoms with van der Waals surface area (Å²) in [6.45, 7) is 1.47. The quantitative estimate of drug-likeness (QED) is 0.724. The van der Waals surface area contributed by atoms with E-state index in [9.17, 15) is 9.59 Å². The number of nitrogens with one attached hydrogen (secondary N) is 2. The van der Waals surface area contributed by atoms with E-state index in [1.807, 2.05) is 6.07 Å². The second-order valence-corrected chi connectivity index (χ2v) is 4.73. The molecule has 0 bridgehead atoms. The van der Waals surface area contributed by atoms with Crippen LogP contribution in [-0.4, -0.2) is 21.9 Å². The Morgan fingerprint density at radius 3 is 2.76 bits per heavy atom. The zero-order valence-electron chi connectivity index (χ0n) is 11.4. The Labute approximate surface area is 121 Å². The molecule has 0 spiro atoms. The largest absolute Gasteiger partial charge is 0.321 e. The minimum atomic E-state index is -0.264. The van der Waals surface area contributed by atoms with Crippen molar-refractivity contribution in [1.29, 1.82) is 0 Å². The standard InChI is InChI=1S/C16H13N3O2/c1-10(20)13-4-2-3-5-14(13)18-16(21)11-6-7-12-9-17-19-15(12)8-11/h2-9H,1H3,(H,17,19)(H,18,21). The van der Waals surface area contributed by atoms with E-state index in [2.05, 4.69) is 15.5 Å². The summed E-state index contributed by atoms with van der Waals surface area (Å²) in [7, 11) is 0. The number of carbonyl (C=O) groups excluding carboxylic acids is 2. The third-order valence-corrected chi connectivity index (χ3v) is 3.26. The number of anilines is 1. The SMILES string of the molecule is CC(=O)c1ccccc1NC(=O)c1ccc2cn[nH]c2c1. The number of H-pyrrole nitrogens is 1. The first-order valence-corrected chi connectivity index (χ1v) is 6.49. The molecule has 0 saturated carbocycles. The van der Waals surface area contributed by atoms with Gasteiger partial charge >= 0.3 is 0 Å². The van der Waals surface area contributed by atoms with Gasteiger partial charge in [-0.1, -0.05) is 18.2 Å². The summed E-state index contributed by atoms with van der Waals surface area (Å²) in [5.74, 6) is -0.352. The summed E-state index contributed by atoms with van der Waals surface area (Å²) in [4.78, 5) is 23.9. The lowest BCUT2D eigenvalue weighted by molar-refractivity contribution is 0.101. The Bertz CT molecular complexity index is 836. The molecular formula is C16H13N3O2. The van der Waals surface area contributed by atoms with Crippen LogP contribution in [0.1, 0.15) is 27.6 Å². The van der Waals surface area contributed by atoms with Crippen LogP contribution in [0.4, 0.5) is 5.69 Å². The molecule has 3 rings (SSSR count). The van der Waals surface area contributed by atoms with E-state index in [1.54, 1.807) is 42.6 Å². The average Bonchev–Trinajstić information content (AvgIpc) is 2.94. The van der Waals surface area contributed by atoms with Crippen LogP contribution in [0, 0.1) is 0 Å². The van der Waals surface area contributed by atoms with E-state index in [0.717, 1.165) is 10.9 Å². The summed E-state index contributed by atoms with van der Waals surface area (Å²) in [5.41, 5.74) is 2.31. The fourth-order valence-corrected chi connectivity index (χ4v) is 2.17. The molecule has 0 aliphatic rings. The van der Waals surface area contributed by atoms with Crippen molar-refractivity contribution >= 4 is 28.3 Å². The normalized spacial score (nSPS) is 10.5. The highest BCUT2D eigenvalue weighted by atomic mass is 16.1. The van der Waals surface area contributed by atoms with Crippen LogP contribution in [0.3, 0.4) is 0 Å². The molecule has 1 heterocycles. The lowest BCUT2D eigenvalue weighted by atomic mass is 10.1. The number of aromatic nitrogens is 2. The maximum absolute atomic E-state index is 12.3. The number of nitrogens with zero attached hydrogens (tertiary/aromatic N) is 1. The van der Waals surface area contributed by atoms with Crippen molar-refractivity contribution in [2.75, 3.05) is 5.32 Å². The predicted octanol–water partition coefficient (Wildman–Crippen LogP) is 3.02. The van der Waals surface area contributed by atoms with Crippen molar-refractivity contribution < 1.29 is 9.59 Å². The molecule has 21 heavy (non-hydrogen) atoms. The van der Waals surface area contributed by atoms with Gasteiger partial charge in [-0.3, -0.25) is 14.7 Å². The van der Waals surface area contributed by atoms with Gasteiger partial charge in [0, 0.05) is 16.5 Å². The number of fused-ring (bicyclic) bond motifs is 1. The number of carbonyl (C=O) groups is 2. The smallest absolute Gasteiger partial charge is 0.255 e. The van der Waals surface area contributed by atoms with Gasteiger partial charge in [-0.2, -0.15) is 5.10 Å². The highest BCUT2D eigenvalue weighted by Gasteiger charge is 2.11. The molecule has 5 heteroatoms. The Balaban J connectivity index is 1.91. The van der Waals surface area contributed by atoms with Crippen molar-refractivity contribution in [1.82, 2.24) is 10.2 Å². The molecule has 2 aromatic carbocycles. The average molecular weight is 279 g/mol. The van der Waals surface area contributed by atoms with Gasteiger partial charge in [0.15, 0.2) is 5.78 Å². The second-order valence-electron chi connectivity index (χ2n) is 4.73. The maximum Gasteiger partial charge on any atom is 0.255 e. The Morgan fingerprint density at radius 2 is 1.95 bits per heavy atom. The van der Waals surface area contributed by atoms with Crippen LogP contribution in [0.2, 0.25) is 0 Å². The second kappa shape index (κ2) is 5.20. The highest BCUT2D eigenvalue weighted by molar-refractivity contribution is 6.09. The van der Waals surface area contributed by atoms with E-state index in [4.69, 9.17) is 0 Å². The molecule has 0 saturated heterocycles. The fraction of sp³-hybridized carbons (Fsp3) is 0.0625. The van der Waals surface area contributed by atoms with Crippen LogP contribution >= 0.6 is 0 Å². The monoisotopic (exact) mass is 279 g/mol. The minimum Gasteiger partial charge on any atom is -0.321 e. The van der Waals surface area contributed by atoms with Gasteiger partial charge in [0.25, 0.3) is 5.91 Å². The third kappa shape index (κ3) is 2.53. The molecule has 0 aliphatic carbocycles. The number of para-hydroxylation sites is 1. The first kappa shape index (κ1) is 13.1. The maximum atomic E-state index is 12.3. The van der Waals surface area contributed by atoms with Gasteiger partial charge in [-0.15, -0.1) is 0 Å². The van der Waals surface area contributed by atoms with Crippen molar-refractivity contribution in [3.05, 3.63) is 59.8 Å². The summed E-state index contributed by atoms with van der Waals surface area (Å²) in [6.07, 6.45) is 1.70. The van der Waals surface area contributed by atoms with Gasteiger partial charge < -0.3 is 5.32 Å². The summed E-state index contributed by atoms with van der Waals surface area (Å²) >= 11 is 0. The Morgan fingerprint density at radius 1 is 1.14 bits per heavy atom. The molecule has 0 radical (unpaired) electrons. The lowest BCUT2D eigenvalue weighted by Gasteiger charge is -2.09. The van der Waals surface area contributed by atoms with E-state index < -0.39 is 0 Å². The number of aromatic amines is 1. The summed E-state index contributed by atoms with van der Waals surface area (Å²) in [6, 6.07) is 12.2. The first-order valence-electron chi connectivity index (χ1n) is 6.49. The van der Waals surface area contributed by atoms with E-state index in [0.29, 0.717) is 16.8 Å². The number of amides is 1. The first-order chi connectivity index (χ1) is 10.1. The number of ketones is 1. The van der Waals surface area contributed by atoms with E-state index in [1.165, 1.54) is 6.92 Å². The van der Waals surface area contributed by atoms with E-state index >= 15 is 0 Å². The van der Waals surface area contributed by atoms with Crippen LogP contribution in [-0.2, 0) is 0 Å². The van der Waals surface area contributed by atoms with Crippen LogP contribution in [0.5, 0.6) is 0 Å². The Kier molecular flexibility index (Phi) is 3.23. The number of hydrogen-bond acceptors (Lipinski definition) is 3. The summed E-state index contributed by atoms with van der Waals surface area (Å²) in [5, 5.41) is 10.5. The third-order valence-electron chi connectivity index (χ3n) is 3.26. The molecule has 2 N–H and O–H groups in total. The molecule has 0 atom stereocenters. The highest BCUT2D eigenvalue weighted by Crippen LogP contribution is 2.18. The van der Waals surface area contributed by atoms with Crippen molar-refractivity contribution in [2.45, 2.75) is 6.92 Å². The molecule has 3 aromatic rings. The molecule has 0 aliphatic heterocycles. The Hall–Kier alpha value is -2.95. The number of rotatable bonds is 3. The van der Waals surface area contributed by atoms with Crippen molar-refractivity contribution in [3.63, 3.8) is 0 Å². The van der Waals surface area contributed by atoms with Crippen molar-refractivity contribution in [3.8, 4) is 0 Å². The van der Waals surface area contributed by atoms with Gasteiger partial charge in [0.05, 0.1) is 17.4 Å². The van der Waals surface area contributed by atoms with Gasteiger partial charge in [-0.05, 0) is 31.2 Å². The zero-order valence-corrected chi connectivity index (χ0v) is 11.4. The number of hydrogen-bond donors (Lipinski definition) is 2. The molecule has 0 unspecified atom stereocenters. The van der Waals surface area contributed by atoms with Gasteiger partial charge in [0.1, 0.15) is 0 Å². The molecule has 0 fully saturated rings. The fourth-order valence-electron chi connectivity index (χ4n) is 2.17. The van der Waals surface area contributed by atoms with Gasteiger partial charge in [-0.25, -0.2) is 0 Å². The number of Topliss-reactive ketones (excluding diaryl/α,β-unsaturated/α-hetero) is 1. The lowest BCUT2D eigenvalue weighted by Crippen LogP contribution is -2.14. The van der Waals surface area contributed by atoms with E-state index in [-0.39, 0.29) is 11.7 Å². The minimum absolute atomic E-state index is 0.0880. The molecule has 1 aromatic heterocycles. The molecule has 1 amide bonds. The topological polar surface area (TPSA) is 74.8 Å². The molecule has 5 nitrogen and oxygen atoms in total. The van der Waals surface area contributed by atoms with Gasteiger partial charge in [0.2, 0.25) is 0 Å². The van der Waals surface area contributed by atoms with Crippen LogP contribution < -0.4 is 5.32 Å².